The molecule has 2 N–H and O–H groups in total. The fraction of sp³-hybridized carbons (Fsp3) is 0.318. The fourth-order valence-electron chi connectivity index (χ4n) is 3.56. The molecule has 150 valence electrons. The Morgan fingerprint density at radius 2 is 1.86 bits per heavy atom. The van der Waals surface area contributed by atoms with Crippen molar-refractivity contribution in [3.8, 4) is 11.5 Å². The molecule has 7 heteroatoms. The zero-order chi connectivity index (χ0) is 20.2. The SMILES string of the molecule is Cc1cccc(Oc2ccc(NC(=O)c3nnn(C4CCNCC4)c3C)cc2)c1. The second-order valence-electron chi connectivity index (χ2n) is 7.35. The molecule has 1 aliphatic rings. The largest absolute Gasteiger partial charge is 0.457 e. The number of carbonyl (C=O) groups excluding carboxylic acids is 1. The zero-order valence-corrected chi connectivity index (χ0v) is 16.7. The van der Waals surface area contributed by atoms with E-state index in [4.69, 9.17) is 4.74 Å². The van der Waals surface area contributed by atoms with Gasteiger partial charge < -0.3 is 15.4 Å². The molecule has 0 bridgehead atoms. The molecule has 3 aromatic rings. The van der Waals surface area contributed by atoms with Gasteiger partial charge in [0, 0.05) is 5.69 Å². The number of anilines is 1. The normalized spacial score (nSPS) is 14.6. The first-order valence-corrected chi connectivity index (χ1v) is 9.88. The number of carbonyl (C=O) groups is 1. The lowest BCUT2D eigenvalue weighted by Gasteiger charge is -2.23. The average molecular weight is 391 g/mol. The van der Waals surface area contributed by atoms with Gasteiger partial charge in [0.25, 0.3) is 5.91 Å². The highest BCUT2D eigenvalue weighted by Crippen LogP contribution is 2.24. The highest BCUT2D eigenvalue weighted by Gasteiger charge is 2.22. The van der Waals surface area contributed by atoms with Gasteiger partial charge in [0.15, 0.2) is 5.69 Å². The summed E-state index contributed by atoms with van der Waals surface area (Å²) in [5.74, 6) is 1.24. The highest BCUT2D eigenvalue weighted by molar-refractivity contribution is 6.03. The van der Waals surface area contributed by atoms with E-state index in [9.17, 15) is 4.79 Å². The molecule has 0 aliphatic carbocycles. The first-order chi connectivity index (χ1) is 14.1. The van der Waals surface area contributed by atoms with Gasteiger partial charge in [0.2, 0.25) is 0 Å². The van der Waals surface area contributed by atoms with Gasteiger partial charge in [0.05, 0.1) is 11.7 Å². The van der Waals surface area contributed by atoms with Crippen molar-refractivity contribution in [1.82, 2.24) is 20.3 Å². The topological polar surface area (TPSA) is 81.1 Å². The summed E-state index contributed by atoms with van der Waals surface area (Å²) in [6.07, 6.45) is 1.99. The molecule has 1 aliphatic heterocycles. The Morgan fingerprint density at radius 3 is 2.59 bits per heavy atom. The van der Waals surface area contributed by atoms with Gasteiger partial charge in [-0.25, -0.2) is 4.68 Å². The van der Waals surface area contributed by atoms with Crippen LogP contribution in [0, 0.1) is 13.8 Å². The van der Waals surface area contributed by atoms with Crippen LogP contribution in [-0.4, -0.2) is 34.0 Å². The van der Waals surface area contributed by atoms with Crippen LogP contribution in [0.5, 0.6) is 11.5 Å². The number of benzene rings is 2. The Labute approximate surface area is 170 Å². The molecule has 1 fully saturated rings. The second kappa shape index (κ2) is 8.45. The summed E-state index contributed by atoms with van der Waals surface area (Å²) in [6.45, 7) is 5.84. The summed E-state index contributed by atoms with van der Waals surface area (Å²) >= 11 is 0. The van der Waals surface area contributed by atoms with Gasteiger partial charge in [-0.3, -0.25) is 4.79 Å². The van der Waals surface area contributed by atoms with Crippen molar-refractivity contribution >= 4 is 11.6 Å². The summed E-state index contributed by atoms with van der Waals surface area (Å²) < 4.78 is 7.73. The van der Waals surface area contributed by atoms with E-state index in [0.29, 0.717) is 23.2 Å². The third kappa shape index (κ3) is 4.46. The Morgan fingerprint density at radius 1 is 1.10 bits per heavy atom. The quantitative estimate of drug-likeness (QED) is 0.690. The van der Waals surface area contributed by atoms with Crippen molar-refractivity contribution < 1.29 is 9.53 Å². The molecule has 0 atom stereocenters. The fourth-order valence-corrected chi connectivity index (χ4v) is 3.56. The number of aromatic nitrogens is 3. The molecule has 0 saturated carbocycles. The molecule has 1 saturated heterocycles. The second-order valence-corrected chi connectivity index (χ2v) is 7.35. The van der Waals surface area contributed by atoms with Crippen molar-refractivity contribution in [2.75, 3.05) is 18.4 Å². The smallest absolute Gasteiger partial charge is 0.278 e. The summed E-state index contributed by atoms with van der Waals surface area (Å²) in [5.41, 5.74) is 2.99. The molecule has 0 spiro atoms. The predicted octanol–water partition coefficient (Wildman–Crippen LogP) is 3.86. The molecular formula is C22H25N5O2. The van der Waals surface area contributed by atoms with Crippen LogP contribution in [0.4, 0.5) is 5.69 Å². The summed E-state index contributed by atoms with van der Waals surface area (Å²) in [7, 11) is 0. The van der Waals surface area contributed by atoms with Crippen LogP contribution in [0.25, 0.3) is 0 Å². The maximum Gasteiger partial charge on any atom is 0.278 e. The van der Waals surface area contributed by atoms with E-state index in [1.165, 1.54) is 0 Å². The van der Waals surface area contributed by atoms with E-state index >= 15 is 0 Å². The number of hydrogen-bond donors (Lipinski definition) is 2. The third-order valence-electron chi connectivity index (χ3n) is 5.13. The van der Waals surface area contributed by atoms with Gasteiger partial charge >= 0.3 is 0 Å². The van der Waals surface area contributed by atoms with Crippen LogP contribution in [0.2, 0.25) is 0 Å². The number of piperidine rings is 1. The Balaban J connectivity index is 1.41. The van der Waals surface area contributed by atoms with Gasteiger partial charge in [0.1, 0.15) is 11.5 Å². The number of nitrogens with one attached hydrogen (secondary N) is 2. The number of ether oxygens (including phenoxy) is 1. The van der Waals surface area contributed by atoms with Gasteiger partial charge in [-0.2, -0.15) is 0 Å². The number of rotatable bonds is 5. The van der Waals surface area contributed by atoms with E-state index in [1.807, 2.05) is 67.1 Å². The lowest BCUT2D eigenvalue weighted by atomic mass is 10.1. The minimum atomic E-state index is -0.255. The predicted molar refractivity (Wildman–Crippen MR) is 112 cm³/mol. The minimum absolute atomic E-state index is 0.255. The summed E-state index contributed by atoms with van der Waals surface area (Å²) in [4.78, 5) is 12.7. The highest BCUT2D eigenvalue weighted by atomic mass is 16.5. The minimum Gasteiger partial charge on any atom is -0.457 e. The molecule has 1 aromatic heterocycles. The molecule has 4 rings (SSSR count). The van der Waals surface area contributed by atoms with Gasteiger partial charge in [-0.05, 0) is 81.7 Å². The van der Waals surface area contributed by atoms with Crippen molar-refractivity contribution in [2.45, 2.75) is 32.7 Å². The van der Waals surface area contributed by atoms with Crippen LogP contribution >= 0.6 is 0 Å². The van der Waals surface area contributed by atoms with Crippen molar-refractivity contribution in [3.63, 3.8) is 0 Å². The molecule has 29 heavy (non-hydrogen) atoms. The molecule has 2 heterocycles. The van der Waals surface area contributed by atoms with E-state index in [0.717, 1.165) is 42.9 Å². The van der Waals surface area contributed by atoms with Crippen molar-refractivity contribution in [2.24, 2.45) is 0 Å². The first kappa shape index (κ1) is 19.1. The molecule has 0 radical (unpaired) electrons. The maximum atomic E-state index is 12.7. The Bertz CT molecular complexity index is 991. The monoisotopic (exact) mass is 391 g/mol. The molecular weight excluding hydrogens is 366 g/mol. The molecule has 7 nitrogen and oxygen atoms in total. The number of amides is 1. The van der Waals surface area contributed by atoms with Crippen LogP contribution < -0.4 is 15.4 Å². The zero-order valence-electron chi connectivity index (χ0n) is 16.7. The Hall–Kier alpha value is -3.19. The molecule has 2 aromatic carbocycles. The van der Waals surface area contributed by atoms with E-state index in [2.05, 4.69) is 20.9 Å². The van der Waals surface area contributed by atoms with Crippen LogP contribution in [0.1, 0.15) is 40.6 Å². The third-order valence-corrected chi connectivity index (χ3v) is 5.13. The standard InChI is InChI=1S/C22H25N5O2/c1-15-4-3-5-20(14-15)29-19-8-6-17(7-9-19)24-22(28)21-16(2)27(26-25-21)18-10-12-23-13-11-18/h3-9,14,18,23H,10-13H2,1-2H3,(H,24,28). The average Bonchev–Trinajstić information content (AvgIpc) is 3.12. The lowest BCUT2D eigenvalue weighted by Crippen LogP contribution is -2.30. The lowest BCUT2D eigenvalue weighted by molar-refractivity contribution is 0.102. The van der Waals surface area contributed by atoms with E-state index in [-0.39, 0.29) is 5.91 Å². The van der Waals surface area contributed by atoms with E-state index in [1.54, 1.807) is 0 Å². The first-order valence-electron chi connectivity index (χ1n) is 9.88. The number of aryl methyl sites for hydroxylation is 1. The van der Waals surface area contributed by atoms with Crippen molar-refractivity contribution in [1.29, 1.82) is 0 Å². The van der Waals surface area contributed by atoms with Crippen molar-refractivity contribution in [3.05, 3.63) is 65.5 Å². The number of nitrogens with zero attached hydrogens (tertiary/aromatic N) is 3. The Kier molecular flexibility index (Phi) is 5.57. The molecule has 1 amide bonds. The van der Waals surface area contributed by atoms with Crippen LogP contribution in [0.3, 0.4) is 0 Å². The van der Waals surface area contributed by atoms with Crippen LogP contribution in [-0.2, 0) is 0 Å². The van der Waals surface area contributed by atoms with E-state index < -0.39 is 0 Å². The van der Waals surface area contributed by atoms with Gasteiger partial charge in [-0.15, -0.1) is 5.10 Å². The maximum absolute atomic E-state index is 12.7. The summed E-state index contributed by atoms with van der Waals surface area (Å²) in [5, 5.41) is 14.6. The summed E-state index contributed by atoms with van der Waals surface area (Å²) in [6, 6.07) is 15.5. The number of hydrogen-bond acceptors (Lipinski definition) is 5. The molecule has 0 unspecified atom stereocenters. The van der Waals surface area contributed by atoms with Gasteiger partial charge in [-0.1, -0.05) is 17.3 Å². The van der Waals surface area contributed by atoms with Crippen LogP contribution in [0.15, 0.2) is 48.5 Å².